The standard InChI is InChI=1S/C12H10F2N2O4S/c13-12(14)21-9-4-2-1-3-6(9)15-10(17)8-5-7(11(18)19)16-20-8/h1-4,8,12H,5H2,(H,15,17)(H,18,19). The van der Waals surface area contributed by atoms with Crippen LogP contribution in [0.4, 0.5) is 14.5 Å². The Morgan fingerprint density at radius 1 is 1.43 bits per heavy atom. The third-order valence-corrected chi connectivity index (χ3v) is 3.36. The van der Waals surface area contributed by atoms with E-state index in [4.69, 9.17) is 9.94 Å². The molecule has 1 aromatic carbocycles. The largest absolute Gasteiger partial charge is 0.477 e. The van der Waals surface area contributed by atoms with E-state index in [1.807, 2.05) is 0 Å². The molecular formula is C12H10F2N2O4S. The summed E-state index contributed by atoms with van der Waals surface area (Å²) in [6, 6.07) is 6.07. The molecule has 9 heteroatoms. The number of carbonyl (C=O) groups excluding carboxylic acids is 1. The summed E-state index contributed by atoms with van der Waals surface area (Å²) in [7, 11) is 0. The predicted molar refractivity (Wildman–Crippen MR) is 71.5 cm³/mol. The Kier molecular flexibility index (Phi) is 4.73. The molecule has 0 saturated heterocycles. The minimum Gasteiger partial charge on any atom is -0.477 e. The quantitative estimate of drug-likeness (QED) is 0.813. The molecule has 6 nitrogen and oxygen atoms in total. The van der Waals surface area contributed by atoms with Crippen LogP contribution in [-0.4, -0.2) is 34.6 Å². The molecule has 1 aliphatic heterocycles. The molecule has 1 unspecified atom stereocenters. The van der Waals surface area contributed by atoms with Gasteiger partial charge in [0.05, 0.1) is 5.69 Å². The van der Waals surface area contributed by atoms with Crippen LogP contribution in [0.3, 0.4) is 0 Å². The summed E-state index contributed by atoms with van der Waals surface area (Å²) < 4.78 is 24.8. The number of nitrogens with zero attached hydrogens (tertiary/aromatic N) is 1. The molecule has 1 aliphatic rings. The zero-order valence-corrected chi connectivity index (χ0v) is 11.3. The van der Waals surface area contributed by atoms with Crippen molar-refractivity contribution < 1.29 is 28.3 Å². The zero-order valence-electron chi connectivity index (χ0n) is 10.5. The molecule has 0 spiro atoms. The number of anilines is 1. The van der Waals surface area contributed by atoms with E-state index in [1.165, 1.54) is 12.1 Å². The van der Waals surface area contributed by atoms with Gasteiger partial charge in [-0.3, -0.25) is 4.79 Å². The molecule has 0 saturated carbocycles. The molecule has 1 atom stereocenters. The summed E-state index contributed by atoms with van der Waals surface area (Å²) in [5.41, 5.74) is -0.0504. The number of thioether (sulfide) groups is 1. The first-order valence-corrected chi connectivity index (χ1v) is 6.66. The number of amides is 1. The lowest BCUT2D eigenvalue weighted by molar-refractivity contribution is -0.129. The van der Waals surface area contributed by atoms with Crippen molar-refractivity contribution in [3.8, 4) is 0 Å². The van der Waals surface area contributed by atoms with Crippen LogP contribution < -0.4 is 5.32 Å². The maximum Gasteiger partial charge on any atom is 0.353 e. The number of para-hydroxylation sites is 1. The van der Waals surface area contributed by atoms with Gasteiger partial charge in [0, 0.05) is 11.3 Å². The molecule has 0 bridgehead atoms. The summed E-state index contributed by atoms with van der Waals surface area (Å²) in [4.78, 5) is 27.5. The van der Waals surface area contributed by atoms with Crippen molar-refractivity contribution in [3.63, 3.8) is 0 Å². The topological polar surface area (TPSA) is 88.0 Å². The smallest absolute Gasteiger partial charge is 0.353 e. The Morgan fingerprint density at radius 3 is 2.76 bits per heavy atom. The molecular weight excluding hydrogens is 306 g/mol. The first-order chi connectivity index (χ1) is 9.97. The van der Waals surface area contributed by atoms with Crippen LogP contribution in [0, 0.1) is 0 Å². The number of hydrogen-bond donors (Lipinski definition) is 2. The Labute approximate surface area is 122 Å². The fourth-order valence-corrected chi connectivity index (χ4v) is 2.22. The van der Waals surface area contributed by atoms with Crippen LogP contribution in [-0.2, 0) is 14.4 Å². The third kappa shape index (κ3) is 3.91. The molecule has 1 amide bonds. The third-order valence-electron chi connectivity index (χ3n) is 2.57. The Hall–Kier alpha value is -2.16. The van der Waals surface area contributed by atoms with E-state index in [0.29, 0.717) is 11.8 Å². The molecule has 1 aromatic rings. The van der Waals surface area contributed by atoms with Crippen molar-refractivity contribution in [2.24, 2.45) is 5.16 Å². The van der Waals surface area contributed by atoms with Gasteiger partial charge in [-0.25, -0.2) is 4.79 Å². The summed E-state index contributed by atoms with van der Waals surface area (Å²) in [6.07, 6.45) is -1.26. The number of hydrogen-bond acceptors (Lipinski definition) is 5. The van der Waals surface area contributed by atoms with Gasteiger partial charge in [0.2, 0.25) is 6.10 Å². The van der Waals surface area contributed by atoms with Gasteiger partial charge in [-0.2, -0.15) is 8.78 Å². The summed E-state index contributed by atoms with van der Waals surface area (Å²) >= 11 is 0.303. The van der Waals surface area contributed by atoms with Crippen molar-refractivity contribution in [2.75, 3.05) is 5.32 Å². The van der Waals surface area contributed by atoms with Crippen molar-refractivity contribution in [1.82, 2.24) is 0 Å². The highest BCUT2D eigenvalue weighted by molar-refractivity contribution is 7.99. The number of halogens is 2. The van der Waals surface area contributed by atoms with Crippen molar-refractivity contribution in [3.05, 3.63) is 24.3 Å². The van der Waals surface area contributed by atoms with Gasteiger partial charge in [-0.15, -0.1) is 0 Å². The minimum atomic E-state index is -2.62. The highest BCUT2D eigenvalue weighted by atomic mass is 32.2. The monoisotopic (exact) mass is 316 g/mol. The predicted octanol–water partition coefficient (Wildman–Crippen LogP) is 2.17. The van der Waals surface area contributed by atoms with Gasteiger partial charge < -0.3 is 15.3 Å². The van der Waals surface area contributed by atoms with E-state index in [0.717, 1.165) is 0 Å². The molecule has 21 heavy (non-hydrogen) atoms. The number of carboxylic acids is 1. The first-order valence-electron chi connectivity index (χ1n) is 5.78. The number of carbonyl (C=O) groups is 2. The fourth-order valence-electron chi connectivity index (χ4n) is 1.63. The van der Waals surface area contributed by atoms with Gasteiger partial charge >= 0.3 is 5.97 Å². The van der Waals surface area contributed by atoms with Crippen molar-refractivity contribution in [2.45, 2.75) is 23.2 Å². The van der Waals surface area contributed by atoms with E-state index < -0.39 is 23.7 Å². The lowest BCUT2D eigenvalue weighted by Crippen LogP contribution is -2.29. The maximum atomic E-state index is 12.4. The minimum absolute atomic E-state index is 0.175. The zero-order chi connectivity index (χ0) is 15.4. The van der Waals surface area contributed by atoms with Crippen LogP contribution in [0.1, 0.15) is 6.42 Å². The SMILES string of the molecule is O=C(O)C1=NOC(C(=O)Nc2ccccc2SC(F)F)C1. The summed E-state index contributed by atoms with van der Waals surface area (Å²) in [5, 5.41) is 14.4. The molecule has 0 aliphatic carbocycles. The number of aliphatic carboxylic acids is 1. The normalized spacial score (nSPS) is 17.3. The van der Waals surface area contributed by atoms with Crippen molar-refractivity contribution >= 4 is 35.0 Å². The molecule has 2 N–H and O–H groups in total. The average molecular weight is 316 g/mol. The number of nitrogens with one attached hydrogen (secondary N) is 1. The summed E-state index contributed by atoms with van der Waals surface area (Å²) in [6.45, 7) is 0. The van der Waals surface area contributed by atoms with Crippen LogP contribution >= 0.6 is 11.8 Å². The Morgan fingerprint density at radius 2 is 2.14 bits per heavy atom. The molecule has 112 valence electrons. The number of rotatable bonds is 5. The Bertz CT molecular complexity index is 594. The molecule has 1 heterocycles. The van der Waals surface area contributed by atoms with E-state index in [9.17, 15) is 18.4 Å². The molecule has 0 aromatic heterocycles. The number of carboxylic acid groups (broad SMARTS) is 1. The van der Waals surface area contributed by atoms with E-state index in [2.05, 4.69) is 10.5 Å². The van der Waals surface area contributed by atoms with Crippen molar-refractivity contribution in [1.29, 1.82) is 0 Å². The highest BCUT2D eigenvalue weighted by Crippen LogP contribution is 2.31. The van der Waals surface area contributed by atoms with Crippen LogP contribution in [0.15, 0.2) is 34.3 Å². The first kappa shape index (κ1) is 15.2. The lowest BCUT2D eigenvalue weighted by atomic mass is 10.1. The van der Waals surface area contributed by atoms with Crippen LogP contribution in [0.5, 0.6) is 0 Å². The van der Waals surface area contributed by atoms with Gasteiger partial charge in [-0.05, 0) is 12.1 Å². The van der Waals surface area contributed by atoms with E-state index >= 15 is 0 Å². The number of alkyl halides is 2. The molecule has 0 radical (unpaired) electrons. The van der Waals surface area contributed by atoms with Gasteiger partial charge in [-0.1, -0.05) is 29.1 Å². The van der Waals surface area contributed by atoms with E-state index in [-0.39, 0.29) is 22.7 Å². The Balaban J connectivity index is 2.03. The molecule has 2 rings (SSSR count). The highest BCUT2D eigenvalue weighted by Gasteiger charge is 2.31. The molecule has 0 fully saturated rings. The van der Waals surface area contributed by atoms with E-state index in [1.54, 1.807) is 12.1 Å². The number of oxime groups is 1. The van der Waals surface area contributed by atoms with Gasteiger partial charge in [0.25, 0.3) is 11.7 Å². The number of benzene rings is 1. The average Bonchev–Trinajstić information content (AvgIpc) is 2.90. The maximum absolute atomic E-state index is 12.4. The second-order valence-corrected chi connectivity index (χ2v) is 5.04. The van der Waals surface area contributed by atoms with Gasteiger partial charge in [0.1, 0.15) is 0 Å². The van der Waals surface area contributed by atoms with Crippen LogP contribution in [0.25, 0.3) is 0 Å². The second kappa shape index (κ2) is 6.53. The van der Waals surface area contributed by atoms with Gasteiger partial charge in [0.15, 0.2) is 5.71 Å². The summed E-state index contributed by atoms with van der Waals surface area (Å²) in [5.74, 6) is -4.52. The second-order valence-electron chi connectivity index (χ2n) is 4.01. The fraction of sp³-hybridized carbons (Fsp3) is 0.250. The lowest BCUT2D eigenvalue weighted by Gasteiger charge is -2.12. The van der Waals surface area contributed by atoms with Crippen LogP contribution in [0.2, 0.25) is 0 Å².